The molecule has 0 unspecified atom stereocenters. The van der Waals surface area contributed by atoms with Gasteiger partial charge in [-0.15, -0.1) is 0 Å². The van der Waals surface area contributed by atoms with E-state index in [4.69, 9.17) is 9.40 Å². The molecular weight excluding hydrogens is 270 g/mol. The minimum atomic E-state index is 0.859. The molecule has 0 aromatic carbocycles. The molecular formula is C15H21N3OS. The van der Waals surface area contributed by atoms with Gasteiger partial charge in [-0.25, -0.2) is 9.97 Å². The first kappa shape index (κ1) is 14.9. The molecule has 2 rings (SSSR count). The molecule has 20 heavy (non-hydrogen) atoms. The third kappa shape index (κ3) is 3.33. The molecule has 5 heteroatoms. The molecule has 0 amide bonds. The number of rotatable bonds is 6. The average molecular weight is 291 g/mol. The lowest BCUT2D eigenvalue weighted by atomic mass is 10.3. The summed E-state index contributed by atoms with van der Waals surface area (Å²) in [5, 5.41) is 4.32. The first-order valence-electron chi connectivity index (χ1n) is 6.99. The summed E-state index contributed by atoms with van der Waals surface area (Å²) < 4.78 is 5.35. The Hall–Kier alpha value is -1.49. The second kappa shape index (κ2) is 6.79. The second-order valence-corrected chi connectivity index (χ2v) is 5.67. The van der Waals surface area contributed by atoms with Crippen LogP contribution in [0.2, 0.25) is 0 Å². The van der Waals surface area contributed by atoms with Gasteiger partial charge in [0, 0.05) is 18.5 Å². The zero-order valence-corrected chi connectivity index (χ0v) is 13.3. The molecule has 0 radical (unpaired) electrons. The summed E-state index contributed by atoms with van der Waals surface area (Å²) >= 11 is 1.64. The molecule has 0 aliphatic carbocycles. The van der Waals surface area contributed by atoms with E-state index in [1.165, 1.54) is 0 Å². The summed E-state index contributed by atoms with van der Waals surface area (Å²) in [5.74, 6) is 2.77. The Kier molecular flexibility index (Phi) is 5.06. The van der Waals surface area contributed by atoms with Gasteiger partial charge in [-0.05, 0) is 33.3 Å². The van der Waals surface area contributed by atoms with Gasteiger partial charge in [-0.3, -0.25) is 0 Å². The van der Waals surface area contributed by atoms with E-state index in [0.717, 1.165) is 52.3 Å². The lowest BCUT2D eigenvalue weighted by Crippen LogP contribution is -2.07. The van der Waals surface area contributed by atoms with Crippen molar-refractivity contribution in [2.75, 3.05) is 11.9 Å². The Labute approximate surface area is 124 Å². The third-order valence-electron chi connectivity index (χ3n) is 2.98. The topological polar surface area (TPSA) is 51.0 Å². The van der Waals surface area contributed by atoms with Crippen LogP contribution in [0.3, 0.4) is 0 Å². The van der Waals surface area contributed by atoms with Crippen molar-refractivity contribution in [2.45, 2.75) is 50.5 Å². The van der Waals surface area contributed by atoms with Gasteiger partial charge in [0.1, 0.15) is 22.4 Å². The second-order valence-electron chi connectivity index (χ2n) is 4.64. The minimum absolute atomic E-state index is 0.859. The number of aromatic nitrogens is 2. The zero-order valence-electron chi connectivity index (χ0n) is 12.5. The predicted molar refractivity (Wildman–Crippen MR) is 82.5 cm³/mol. The largest absolute Gasteiger partial charge is 0.468 e. The third-order valence-corrected chi connectivity index (χ3v) is 4.22. The summed E-state index contributed by atoms with van der Waals surface area (Å²) in [6, 6.07) is 1.98. The van der Waals surface area contributed by atoms with E-state index < -0.39 is 0 Å². The Morgan fingerprint density at radius 1 is 1.25 bits per heavy atom. The fourth-order valence-electron chi connectivity index (χ4n) is 1.90. The molecule has 2 heterocycles. The summed E-state index contributed by atoms with van der Waals surface area (Å²) in [5.41, 5.74) is 1.09. The van der Waals surface area contributed by atoms with Gasteiger partial charge in [0.05, 0.1) is 11.2 Å². The van der Waals surface area contributed by atoms with E-state index >= 15 is 0 Å². The van der Waals surface area contributed by atoms with Crippen LogP contribution in [0, 0.1) is 13.8 Å². The molecule has 108 valence electrons. The zero-order chi connectivity index (χ0) is 14.5. The van der Waals surface area contributed by atoms with Gasteiger partial charge in [-0.2, -0.15) is 0 Å². The number of nitrogens with zero attached hydrogens (tertiary/aromatic N) is 2. The molecule has 0 fully saturated rings. The van der Waals surface area contributed by atoms with E-state index in [1.54, 1.807) is 18.0 Å². The molecule has 0 saturated carbocycles. The molecule has 0 aliphatic heterocycles. The van der Waals surface area contributed by atoms with Gasteiger partial charge in [-0.1, -0.05) is 18.7 Å². The Balaban J connectivity index is 2.37. The molecule has 1 N–H and O–H groups in total. The summed E-state index contributed by atoms with van der Waals surface area (Å²) in [6.07, 6.45) is 3.66. The van der Waals surface area contributed by atoms with Crippen molar-refractivity contribution < 1.29 is 4.42 Å². The van der Waals surface area contributed by atoms with E-state index in [9.17, 15) is 0 Å². The van der Waals surface area contributed by atoms with Crippen LogP contribution < -0.4 is 5.32 Å². The average Bonchev–Trinajstić information content (AvgIpc) is 2.81. The van der Waals surface area contributed by atoms with Crippen LogP contribution in [0.4, 0.5) is 5.82 Å². The van der Waals surface area contributed by atoms with E-state index in [-0.39, 0.29) is 0 Å². The Morgan fingerprint density at radius 3 is 2.65 bits per heavy atom. The predicted octanol–water partition coefficient (Wildman–Crippen LogP) is 4.22. The quantitative estimate of drug-likeness (QED) is 0.807. The molecule has 0 saturated heterocycles. The summed E-state index contributed by atoms with van der Waals surface area (Å²) in [7, 11) is 0. The van der Waals surface area contributed by atoms with Crippen molar-refractivity contribution >= 4 is 17.6 Å². The first-order valence-corrected chi connectivity index (χ1v) is 7.80. The van der Waals surface area contributed by atoms with Crippen molar-refractivity contribution in [3.05, 3.63) is 29.5 Å². The standard InChI is InChI=1S/C15H21N3OS/c1-5-7-13-17-14(16-6-2)10(3)15(18-13)20-12-8-9-19-11(12)4/h8-9H,5-7H2,1-4H3,(H,16,17,18). The van der Waals surface area contributed by atoms with Crippen molar-refractivity contribution in [3.8, 4) is 0 Å². The number of nitrogens with one attached hydrogen (secondary N) is 1. The SMILES string of the molecule is CCCc1nc(NCC)c(C)c(Sc2ccoc2C)n1. The number of anilines is 1. The van der Waals surface area contributed by atoms with E-state index in [1.807, 2.05) is 13.0 Å². The maximum absolute atomic E-state index is 5.35. The fraction of sp³-hybridized carbons (Fsp3) is 0.467. The smallest absolute Gasteiger partial charge is 0.133 e. The van der Waals surface area contributed by atoms with Gasteiger partial charge >= 0.3 is 0 Å². The number of furan rings is 1. The van der Waals surface area contributed by atoms with Crippen LogP contribution in [0.15, 0.2) is 26.7 Å². The number of hydrogen-bond acceptors (Lipinski definition) is 5. The fourth-order valence-corrected chi connectivity index (χ4v) is 2.82. The minimum Gasteiger partial charge on any atom is -0.468 e. The van der Waals surface area contributed by atoms with Gasteiger partial charge in [0.15, 0.2) is 0 Å². The van der Waals surface area contributed by atoms with E-state index in [0.29, 0.717) is 0 Å². The van der Waals surface area contributed by atoms with Crippen LogP contribution in [0.1, 0.15) is 37.4 Å². The van der Waals surface area contributed by atoms with Crippen molar-refractivity contribution in [1.82, 2.24) is 9.97 Å². The normalized spacial score (nSPS) is 10.8. The van der Waals surface area contributed by atoms with Crippen LogP contribution >= 0.6 is 11.8 Å². The molecule has 2 aromatic rings. The highest BCUT2D eigenvalue weighted by Crippen LogP contribution is 2.33. The maximum Gasteiger partial charge on any atom is 0.133 e. The highest BCUT2D eigenvalue weighted by molar-refractivity contribution is 7.99. The Bertz CT molecular complexity index is 580. The monoisotopic (exact) mass is 291 g/mol. The highest BCUT2D eigenvalue weighted by atomic mass is 32.2. The van der Waals surface area contributed by atoms with E-state index in [2.05, 4.69) is 31.1 Å². The summed E-state index contributed by atoms with van der Waals surface area (Å²) in [4.78, 5) is 10.4. The van der Waals surface area contributed by atoms with Gasteiger partial charge in [0.2, 0.25) is 0 Å². The summed E-state index contributed by atoms with van der Waals surface area (Å²) in [6.45, 7) is 9.11. The van der Waals surface area contributed by atoms with Crippen LogP contribution in [-0.2, 0) is 6.42 Å². The Morgan fingerprint density at radius 2 is 2.05 bits per heavy atom. The number of aryl methyl sites for hydroxylation is 2. The maximum atomic E-state index is 5.35. The van der Waals surface area contributed by atoms with Crippen molar-refractivity contribution in [2.24, 2.45) is 0 Å². The van der Waals surface area contributed by atoms with Gasteiger partial charge in [0.25, 0.3) is 0 Å². The van der Waals surface area contributed by atoms with Crippen LogP contribution in [0.5, 0.6) is 0 Å². The molecule has 2 aromatic heterocycles. The molecule has 0 aliphatic rings. The van der Waals surface area contributed by atoms with Crippen molar-refractivity contribution in [3.63, 3.8) is 0 Å². The molecule has 0 atom stereocenters. The lowest BCUT2D eigenvalue weighted by molar-refractivity contribution is 0.527. The number of hydrogen-bond donors (Lipinski definition) is 1. The van der Waals surface area contributed by atoms with Crippen LogP contribution in [0.25, 0.3) is 0 Å². The molecule has 0 spiro atoms. The highest BCUT2D eigenvalue weighted by Gasteiger charge is 2.13. The van der Waals surface area contributed by atoms with Crippen LogP contribution in [-0.4, -0.2) is 16.5 Å². The molecule has 4 nitrogen and oxygen atoms in total. The molecule has 0 bridgehead atoms. The van der Waals surface area contributed by atoms with Gasteiger partial charge < -0.3 is 9.73 Å². The van der Waals surface area contributed by atoms with Crippen molar-refractivity contribution in [1.29, 1.82) is 0 Å². The first-order chi connectivity index (χ1) is 9.65. The lowest BCUT2D eigenvalue weighted by Gasteiger charge is -2.12.